The van der Waals surface area contributed by atoms with E-state index in [0.717, 1.165) is 40.8 Å². The molecule has 7 heteroatoms. The van der Waals surface area contributed by atoms with Crippen molar-refractivity contribution in [3.63, 3.8) is 0 Å². The zero-order chi connectivity index (χ0) is 24.0. The van der Waals surface area contributed by atoms with E-state index in [1.807, 2.05) is 63.2 Å². The molecule has 0 fully saturated rings. The Kier molecular flexibility index (Phi) is 8.30. The van der Waals surface area contributed by atoms with Gasteiger partial charge in [0.15, 0.2) is 0 Å². The van der Waals surface area contributed by atoms with E-state index in [1.165, 1.54) is 28.6 Å². The van der Waals surface area contributed by atoms with Crippen molar-refractivity contribution in [2.45, 2.75) is 45.1 Å². The van der Waals surface area contributed by atoms with Crippen LogP contribution in [0.25, 0.3) is 0 Å². The molecule has 0 atom stereocenters. The average Bonchev–Trinajstić information content (AvgIpc) is 2.79. The molecule has 1 amide bonds. The number of nitrogens with one attached hydrogen (secondary N) is 1. The lowest BCUT2D eigenvalue weighted by atomic mass is 10.0. The number of halogens is 1. The Labute approximate surface area is 201 Å². The van der Waals surface area contributed by atoms with Crippen molar-refractivity contribution in [1.82, 2.24) is 4.31 Å². The van der Waals surface area contributed by atoms with Crippen LogP contribution in [0, 0.1) is 6.92 Å². The zero-order valence-corrected chi connectivity index (χ0v) is 20.7. The Bertz CT molecular complexity index is 1200. The van der Waals surface area contributed by atoms with Gasteiger partial charge in [-0.15, -0.1) is 0 Å². The Morgan fingerprint density at radius 2 is 1.55 bits per heavy atom. The Morgan fingerprint density at radius 1 is 0.939 bits per heavy atom. The molecule has 3 aromatic carbocycles. The molecule has 0 aliphatic rings. The first-order chi connectivity index (χ1) is 15.7. The predicted molar refractivity (Wildman–Crippen MR) is 134 cm³/mol. The summed E-state index contributed by atoms with van der Waals surface area (Å²) in [4.78, 5) is 13.2. The van der Waals surface area contributed by atoms with Gasteiger partial charge < -0.3 is 5.32 Å². The smallest absolute Gasteiger partial charge is 0.243 e. The van der Waals surface area contributed by atoms with Crippen LogP contribution < -0.4 is 5.32 Å². The van der Waals surface area contributed by atoms with Gasteiger partial charge in [-0.2, -0.15) is 4.31 Å². The molecular formula is C26H29ClN2O3S. The summed E-state index contributed by atoms with van der Waals surface area (Å²) in [5.74, 6) is -0.379. The first kappa shape index (κ1) is 25.0. The van der Waals surface area contributed by atoms with Gasteiger partial charge in [-0.05, 0) is 60.7 Å². The van der Waals surface area contributed by atoms with Crippen molar-refractivity contribution >= 4 is 33.2 Å². The van der Waals surface area contributed by atoms with E-state index in [0.29, 0.717) is 5.02 Å². The van der Waals surface area contributed by atoms with Crippen molar-refractivity contribution in [3.05, 3.63) is 94.0 Å². The molecule has 5 nitrogen and oxygen atoms in total. The molecule has 3 aromatic rings. The fraction of sp³-hybridized carbons (Fsp3) is 0.269. The first-order valence-electron chi connectivity index (χ1n) is 11.0. The van der Waals surface area contributed by atoms with Gasteiger partial charge in [-0.25, -0.2) is 8.42 Å². The summed E-state index contributed by atoms with van der Waals surface area (Å²) in [6.45, 7) is 5.78. The van der Waals surface area contributed by atoms with Crippen LogP contribution in [0.3, 0.4) is 0 Å². The molecule has 0 radical (unpaired) electrons. The molecule has 174 valence electrons. The van der Waals surface area contributed by atoms with E-state index in [4.69, 9.17) is 11.6 Å². The van der Waals surface area contributed by atoms with Crippen LogP contribution in [0.2, 0.25) is 5.02 Å². The molecule has 0 saturated carbocycles. The lowest BCUT2D eigenvalue weighted by Gasteiger charge is -2.23. The van der Waals surface area contributed by atoms with Crippen LogP contribution in [-0.2, 0) is 34.2 Å². The van der Waals surface area contributed by atoms with Crippen LogP contribution in [0.4, 0.5) is 5.69 Å². The summed E-state index contributed by atoms with van der Waals surface area (Å²) < 4.78 is 28.1. The summed E-state index contributed by atoms with van der Waals surface area (Å²) >= 11 is 5.95. The second-order valence-corrected chi connectivity index (χ2v) is 10.3. The van der Waals surface area contributed by atoms with E-state index < -0.39 is 10.0 Å². The van der Waals surface area contributed by atoms with Crippen LogP contribution in [0.15, 0.2) is 71.6 Å². The topological polar surface area (TPSA) is 66.5 Å². The Hall–Kier alpha value is -2.67. The SMILES string of the molecule is CCc1cccc(CC)c1NC(=O)CN(Cc1cccc(C)c1)S(=O)(=O)c1ccc(Cl)cc1. The van der Waals surface area contributed by atoms with Crippen molar-refractivity contribution in [2.75, 3.05) is 11.9 Å². The van der Waals surface area contributed by atoms with Gasteiger partial charge in [0.05, 0.1) is 11.4 Å². The molecule has 0 aliphatic carbocycles. The summed E-state index contributed by atoms with van der Waals surface area (Å²) in [6.07, 6.45) is 1.53. The maximum atomic E-state index is 13.5. The van der Waals surface area contributed by atoms with Crippen molar-refractivity contribution < 1.29 is 13.2 Å². The standard InChI is InChI=1S/C26H29ClN2O3S/c1-4-21-10-7-11-22(5-2)26(21)28-25(30)18-29(17-20-9-6-8-19(3)16-20)33(31,32)24-14-12-23(27)13-15-24/h6-16H,4-5,17-18H2,1-3H3,(H,28,30). The highest BCUT2D eigenvalue weighted by Crippen LogP contribution is 2.24. The molecule has 0 spiro atoms. The number of amides is 1. The van der Waals surface area contributed by atoms with E-state index in [2.05, 4.69) is 5.32 Å². The van der Waals surface area contributed by atoms with Gasteiger partial charge in [0.25, 0.3) is 0 Å². The predicted octanol–water partition coefficient (Wildman–Crippen LogP) is 5.60. The summed E-state index contributed by atoms with van der Waals surface area (Å²) in [5.41, 5.74) is 4.64. The number of sulfonamides is 1. The monoisotopic (exact) mass is 484 g/mol. The molecule has 0 saturated heterocycles. The van der Waals surface area contributed by atoms with Gasteiger partial charge in [0.2, 0.25) is 15.9 Å². The highest BCUT2D eigenvalue weighted by molar-refractivity contribution is 7.89. The molecule has 3 rings (SSSR count). The van der Waals surface area contributed by atoms with E-state index >= 15 is 0 Å². The third-order valence-corrected chi connectivity index (χ3v) is 7.53. The number of carbonyl (C=O) groups excluding carboxylic acids is 1. The maximum Gasteiger partial charge on any atom is 0.243 e. The van der Waals surface area contributed by atoms with Gasteiger partial charge in [-0.3, -0.25) is 4.79 Å². The van der Waals surface area contributed by atoms with E-state index in [1.54, 1.807) is 0 Å². The number of para-hydroxylation sites is 1. The van der Waals surface area contributed by atoms with Crippen LogP contribution >= 0.6 is 11.6 Å². The number of rotatable bonds is 9. The molecule has 0 aliphatic heterocycles. The second-order valence-electron chi connectivity index (χ2n) is 7.92. The highest BCUT2D eigenvalue weighted by Gasteiger charge is 2.27. The fourth-order valence-corrected chi connectivity index (χ4v) is 5.25. The van der Waals surface area contributed by atoms with E-state index in [-0.39, 0.29) is 23.9 Å². The fourth-order valence-electron chi connectivity index (χ4n) is 3.74. The minimum absolute atomic E-state index is 0.0795. The minimum atomic E-state index is -3.93. The summed E-state index contributed by atoms with van der Waals surface area (Å²) in [5, 5.41) is 3.42. The van der Waals surface area contributed by atoms with Crippen LogP contribution in [0.1, 0.15) is 36.1 Å². The average molecular weight is 485 g/mol. The number of aryl methyl sites for hydroxylation is 3. The number of hydrogen-bond acceptors (Lipinski definition) is 3. The second kappa shape index (κ2) is 11.0. The van der Waals surface area contributed by atoms with Crippen molar-refractivity contribution in [1.29, 1.82) is 0 Å². The summed E-state index contributed by atoms with van der Waals surface area (Å²) in [6, 6.07) is 19.5. The Morgan fingerprint density at radius 3 is 2.12 bits per heavy atom. The number of anilines is 1. The molecule has 0 bridgehead atoms. The largest absolute Gasteiger partial charge is 0.324 e. The third kappa shape index (κ3) is 6.22. The molecule has 0 unspecified atom stereocenters. The van der Waals surface area contributed by atoms with Crippen molar-refractivity contribution in [2.24, 2.45) is 0 Å². The number of carbonyl (C=O) groups is 1. The number of hydrogen-bond donors (Lipinski definition) is 1. The lowest BCUT2D eigenvalue weighted by molar-refractivity contribution is -0.116. The molecule has 0 heterocycles. The number of nitrogens with zero attached hydrogens (tertiary/aromatic N) is 1. The molecule has 1 N–H and O–H groups in total. The molecule has 33 heavy (non-hydrogen) atoms. The van der Waals surface area contributed by atoms with Gasteiger partial charge >= 0.3 is 0 Å². The molecular weight excluding hydrogens is 456 g/mol. The van der Waals surface area contributed by atoms with Gasteiger partial charge in [0, 0.05) is 17.3 Å². The van der Waals surface area contributed by atoms with Crippen molar-refractivity contribution in [3.8, 4) is 0 Å². The molecule has 0 aromatic heterocycles. The van der Waals surface area contributed by atoms with Gasteiger partial charge in [0.1, 0.15) is 0 Å². The van der Waals surface area contributed by atoms with E-state index in [9.17, 15) is 13.2 Å². The zero-order valence-electron chi connectivity index (χ0n) is 19.1. The minimum Gasteiger partial charge on any atom is -0.324 e. The number of benzene rings is 3. The highest BCUT2D eigenvalue weighted by atomic mass is 35.5. The first-order valence-corrected chi connectivity index (χ1v) is 12.8. The third-order valence-electron chi connectivity index (χ3n) is 5.48. The quantitative estimate of drug-likeness (QED) is 0.429. The van der Waals surface area contributed by atoms with Crippen LogP contribution in [-0.4, -0.2) is 25.2 Å². The lowest BCUT2D eigenvalue weighted by Crippen LogP contribution is -2.37. The Balaban J connectivity index is 1.93. The van der Waals surface area contributed by atoms with Gasteiger partial charge in [-0.1, -0.05) is 73.5 Å². The van der Waals surface area contributed by atoms with Crippen LogP contribution in [0.5, 0.6) is 0 Å². The maximum absolute atomic E-state index is 13.5. The summed E-state index contributed by atoms with van der Waals surface area (Å²) in [7, 11) is -3.93. The normalized spacial score (nSPS) is 11.5.